The molecule has 0 radical (unpaired) electrons. The van der Waals surface area contributed by atoms with Crippen molar-refractivity contribution in [3.8, 4) is 0 Å². The second-order valence-corrected chi connectivity index (χ2v) is 4.68. The number of rotatable bonds is 2. The third-order valence-electron chi connectivity index (χ3n) is 2.89. The summed E-state index contributed by atoms with van der Waals surface area (Å²) in [6, 6.07) is 3.71. The summed E-state index contributed by atoms with van der Waals surface area (Å²) >= 11 is 6.06. The lowest BCUT2D eigenvalue weighted by Gasteiger charge is -2.35. The Balaban J connectivity index is 2.10. The van der Waals surface area contributed by atoms with E-state index in [2.05, 4.69) is 22.5 Å². The van der Waals surface area contributed by atoms with Gasteiger partial charge in [0.15, 0.2) is 0 Å². The number of anilines is 1. The Hall–Kier alpha value is -0.800. The van der Waals surface area contributed by atoms with Gasteiger partial charge >= 0.3 is 0 Å². The molecule has 2 N–H and O–H groups in total. The first-order valence-electron chi connectivity index (χ1n) is 5.29. The molecule has 4 heteroatoms. The fraction of sp³-hybridized carbons (Fsp3) is 0.545. The highest BCUT2D eigenvalue weighted by Gasteiger charge is 2.27. The van der Waals surface area contributed by atoms with Crippen LogP contribution in [0.3, 0.4) is 0 Å². The molecule has 0 amide bonds. The van der Waals surface area contributed by atoms with Crippen molar-refractivity contribution in [3.63, 3.8) is 0 Å². The van der Waals surface area contributed by atoms with Gasteiger partial charge in [-0.05, 0) is 45.0 Å². The van der Waals surface area contributed by atoms with Crippen molar-refractivity contribution < 1.29 is 0 Å². The highest BCUT2D eigenvalue weighted by molar-refractivity contribution is 6.32. The summed E-state index contributed by atoms with van der Waals surface area (Å²) in [5.74, 6) is 0.795. The SMILES string of the molecule is CC1(Nc2ncccc2Cl)CCNCC1. The maximum Gasteiger partial charge on any atom is 0.145 e. The van der Waals surface area contributed by atoms with Crippen LogP contribution in [0.2, 0.25) is 5.02 Å². The van der Waals surface area contributed by atoms with Crippen molar-refractivity contribution in [1.29, 1.82) is 0 Å². The largest absolute Gasteiger partial charge is 0.364 e. The second-order valence-electron chi connectivity index (χ2n) is 4.27. The van der Waals surface area contributed by atoms with Crippen molar-refractivity contribution in [3.05, 3.63) is 23.4 Å². The van der Waals surface area contributed by atoms with Crippen LogP contribution in [0.5, 0.6) is 0 Å². The molecule has 1 aliphatic heterocycles. The van der Waals surface area contributed by atoms with Gasteiger partial charge < -0.3 is 10.6 Å². The van der Waals surface area contributed by atoms with Crippen LogP contribution in [-0.2, 0) is 0 Å². The Labute approximate surface area is 95.2 Å². The lowest BCUT2D eigenvalue weighted by molar-refractivity contribution is 0.364. The Morgan fingerprint density at radius 1 is 1.47 bits per heavy atom. The Bertz CT molecular complexity index is 334. The quantitative estimate of drug-likeness (QED) is 0.811. The molecule has 0 spiro atoms. The van der Waals surface area contributed by atoms with Crippen molar-refractivity contribution in [1.82, 2.24) is 10.3 Å². The maximum absolute atomic E-state index is 6.06. The van der Waals surface area contributed by atoms with Crippen LogP contribution >= 0.6 is 11.6 Å². The molecule has 1 aliphatic rings. The predicted octanol–water partition coefficient (Wildman–Crippen LogP) is 2.29. The summed E-state index contributed by atoms with van der Waals surface area (Å²) < 4.78 is 0. The van der Waals surface area contributed by atoms with Gasteiger partial charge in [0.05, 0.1) is 5.02 Å². The summed E-state index contributed by atoms with van der Waals surface area (Å²) in [5, 5.41) is 7.48. The van der Waals surface area contributed by atoms with Gasteiger partial charge in [-0.15, -0.1) is 0 Å². The molecule has 2 heterocycles. The average Bonchev–Trinajstić information content (AvgIpc) is 2.22. The van der Waals surface area contributed by atoms with Crippen molar-refractivity contribution in [2.75, 3.05) is 18.4 Å². The molecule has 82 valence electrons. The summed E-state index contributed by atoms with van der Waals surface area (Å²) in [6.45, 7) is 4.32. The molecule has 0 unspecified atom stereocenters. The van der Waals surface area contributed by atoms with E-state index in [1.807, 2.05) is 12.1 Å². The number of nitrogens with zero attached hydrogens (tertiary/aromatic N) is 1. The van der Waals surface area contributed by atoms with Gasteiger partial charge in [-0.25, -0.2) is 4.98 Å². The molecule has 3 nitrogen and oxygen atoms in total. The summed E-state index contributed by atoms with van der Waals surface area (Å²) in [6.07, 6.45) is 3.96. The highest BCUT2D eigenvalue weighted by Crippen LogP contribution is 2.26. The van der Waals surface area contributed by atoms with Crippen LogP contribution in [0.4, 0.5) is 5.82 Å². The average molecular weight is 226 g/mol. The predicted molar refractivity (Wildman–Crippen MR) is 63.4 cm³/mol. The zero-order valence-electron chi connectivity index (χ0n) is 8.89. The molecular formula is C11H16ClN3. The first-order chi connectivity index (χ1) is 7.20. The van der Waals surface area contributed by atoms with Gasteiger partial charge in [0.2, 0.25) is 0 Å². The highest BCUT2D eigenvalue weighted by atomic mass is 35.5. The molecule has 15 heavy (non-hydrogen) atoms. The molecule has 0 atom stereocenters. The molecule has 1 fully saturated rings. The van der Waals surface area contributed by atoms with Crippen LogP contribution in [0.15, 0.2) is 18.3 Å². The van der Waals surface area contributed by atoms with Gasteiger partial charge in [-0.1, -0.05) is 11.6 Å². The van der Waals surface area contributed by atoms with Crippen LogP contribution in [0, 0.1) is 0 Å². The normalized spacial score (nSPS) is 19.9. The third-order valence-corrected chi connectivity index (χ3v) is 3.19. The summed E-state index contributed by atoms with van der Waals surface area (Å²) in [7, 11) is 0. The minimum absolute atomic E-state index is 0.114. The Morgan fingerprint density at radius 2 is 2.20 bits per heavy atom. The fourth-order valence-corrected chi connectivity index (χ4v) is 2.04. The van der Waals surface area contributed by atoms with E-state index in [0.717, 1.165) is 31.7 Å². The number of pyridine rings is 1. The molecule has 1 aromatic rings. The molecule has 0 saturated carbocycles. The third kappa shape index (κ3) is 2.61. The number of halogens is 1. The first-order valence-corrected chi connectivity index (χ1v) is 5.67. The molecule has 0 aliphatic carbocycles. The van der Waals surface area contributed by atoms with Crippen molar-refractivity contribution in [2.24, 2.45) is 0 Å². The number of hydrogen-bond donors (Lipinski definition) is 2. The van der Waals surface area contributed by atoms with Crippen LogP contribution in [-0.4, -0.2) is 23.6 Å². The maximum atomic E-state index is 6.06. The van der Waals surface area contributed by atoms with E-state index in [1.54, 1.807) is 6.20 Å². The smallest absolute Gasteiger partial charge is 0.145 e. The van der Waals surface area contributed by atoms with Crippen molar-refractivity contribution >= 4 is 17.4 Å². The van der Waals surface area contributed by atoms with Crippen LogP contribution < -0.4 is 10.6 Å². The second kappa shape index (κ2) is 4.37. The number of aromatic nitrogens is 1. The monoisotopic (exact) mass is 225 g/mol. The minimum atomic E-state index is 0.114. The van der Waals surface area contributed by atoms with E-state index in [1.165, 1.54) is 0 Å². The minimum Gasteiger partial charge on any atom is -0.364 e. The molecule has 0 aromatic carbocycles. The van der Waals surface area contributed by atoms with E-state index in [9.17, 15) is 0 Å². The van der Waals surface area contributed by atoms with E-state index in [0.29, 0.717) is 5.02 Å². The Morgan fingerprint density at radius 3 is 2.87 bits per heavy atom. The number of nitrogens with one attached hydrogen (secondary N) is 2. The number of hydrogen-bond acceptors (Lipinski definition) is 3. The van der Waals surface area contributed by atoms with Gasteiger partial charge in [0.25, 0.3) is 0 Å². The molecule has 1 saturated heterocycles. The lowest BCUT2D eigenvalue weighted by atomic mass is 9.91. The number of piperidine rings is 1. The zero-order valence-corrected chi connectivity index (χ0v) is 9.64. The van der Waals surface area contributed by atoms with Crippen LogP contribution in [0.25, 0.3) is 0 Å². The van der Waals surface area contributed by atoms with Gasteiger partial charge in [0.1, 0.15) is 5.82 Å². The first kappa shape index (κ1) is 10.7. The van der Waals surface area contributed by atoms with Crippen LogP contribution in [0.1, 0.15) is 19.8 Å². The van der Waals surface area contributed by atoms with E-state index in [-0.39, 0.29) is 5.54 Å². The van der Waals surface area contributed by atoms with Gasteiger partial charge in [0, 0.05) is 11.7 Å². The lowest BCUT2D eigenvalue weighted by Crippen LogP contribution is -2.45. The van der Waals surface area contributed by atoms with Gasteiger partial charge in [-0.3, -0.25) is 0 Å². The topological polar surface area (TPSA) is 37.0 Å². The summed E-state index contributed by atoms with van der Waals surface area (Å²) in [5.41, 5.74) is 0.114. The summed E-state index contributed by atoms with van der Waals surface area (Å²) in [4.78, 5) is 4.25. The standard InChI is InChI=1S/C11H16ClN3/c1-11(4-7-13-8-5-11)15-10-9(12)3-2-6-14-10/h2-3,6,13H,4-5,7-8H2,1H3,(H,14,15). The molecular weight excluding hydrogens is 210 g/mol. The molecule has 2 rings (SSSR count). The van der Waals surface area contributed by atoms with Crippen molar-refractivity contribution in [2.45, 2.75) is 25.3 Å². The van der Waals surface area contributed by atoms with E-state index < -0.39 is 0 Å². The molecule has 1 aromatic heterocycles. The van der Waals surface area contributed by atoms with E-state index in [4.69, 9.17) is 11.6 Å². The Kier molecular flexibility index (Phi) is 3.12. The zero-order chi connectivity index (χ0) is 10.7. The molecule has 0 bridgehead atoms. The fourth-order valence-electron chi connectivity index (χ4n) is 1.87. The van der Waals surface area contributed by atoms with Gasteiger partial charge in [-0.2, -0.15) is 0 Å². The van der Waals surface area contributed by atoms with E-state index >= 15 is 0 Å².